The van der Waals surface area contributed by atoms with E-state index in [-0.39, 0.29) is 0 Å². The van der Waals surface area contributed by atoms with Crippen molar-refractivity contribution >= 4 is 22.7 Å². The molecule has 2 aromatic heterocycles. The molecule has 104 valence electrons. The number of nitrogens with zero attached hydrogens (tertiary/aromatic N) is 1. The third-order valence-electron chi connectivity index (χ3n) is 3.52. The van der Waals surface area contributed by atoms with E-state index in [1.165, 1.54) is 20.2 Å². The highest BCUT2D eigenvalue weighted by atomic mass is 32.1. The van der Waals surface area contributed by atoms with Gasteiger partial charge in [0.2, 0.25) is 0 Å². The summed E-state index contributed by atoms with van der Waals surface area (Å²) >= 11 is 3.67. The number of rotatable bonds is 6. The summed E-state index contributed by atoms with van der Waals surface area (Å²) in [5.74, 6) is 0. The lowest BCUT2D eigenvalue weighted by atomic mass is 10.1. The van der Waals surface area contributed by atoms with E-state index in [0.29, 0.717) is 12.6 Å². The Balaban J connectivity index is 1.95. The fraction of sp³-hybridized carbons (Fsp3) is 0.467. The third-order valence-corrected chi connectivity index (χ3v) is 5.54. The number of nitrogens with two attached hydrogens (primary N) is 1. The van der Waals surface area contributed by atoms with Gasteiger partial charge in [-0.3, -0.25) is 4.90 Å². The third kappa shape index (κ3) is 3.89. The van der Waals surface area contributed by atoms with E-state index >= 15 is 0 Å². The fourth-order valence-corrected chi connectivity index (χ4v) is 3.90. The minimum Gasteiger partial charge on any atom is -0.326 e. The Morgan fingerprint density at radius 2 is 2.16 bits per heavy atom. The second-order valence-corrected chi connectivity index (χ2v) is 7.42. The minimum absolute atomic E-state index is 0.555. The van der Waals surface area contributed by atoms with Crippen LogP contribution in [0.15, 0.2) is 23.6 Å². The molecule has 2 N–H and O–H groups in total. The van der Waals surface area contributed by atoms with Crippen LogP contribution < -0.4 is 5.73 Å². The van der Waals surface area contributed by atoms with Crippen molar-refractivity contribution in [3.63, 3.8) is 0 Å². The molecule has 0 aliphatic rings. The Labute approximate surface area is 123 Å². The van der Waals surface area contributed by atoms with Gasteiger partial charge >= 0.3 is 0 Å². The summed E-state index contributed by atoms with van der Waals surface area (Å²) in [4.78, 5) is 6.57. The van der Waals surface area contributed by atoms with Crippen molar-refractivity contribution in [2.24, 2.45) is 5.73 Å². The van der Waals surface area contributed by atoms with Crippen LogP contribution in [0.25, 0.3) is 0 Å². The van der Waals surface area contributed by atoms with Gasteiger partial charge in [0.15, 0.2) is 0 Å². The van der Waals surface area contributed by atoms with Crippen molar-refractivity contribution in [2.45, 2.75) is 39.4 Å². The molecule has 2 rings (SSSR count). The van der Waals surface area contributed by atoms with Crippen molar-refractivity contribution in [1.29, 1.82) is 0 Å². The van der Waals surface area contributed by atoms with E-state index in [0.717, 1.165) is 13.0 Å². The summed E-state index contributed by atoms with van der Waals surface area (Å²) < 4.78 is 0. The summed E-state index contributed by atoms with van der Waals surface area (Å²) in [6, 6.07) is 7.16. The molecule has 0 saturated carbocycles. The van der Waals surface area contributed by atoms with E-state index in [1.807, 2.05) is 22.7 Å². The fourth-order valence-electron chi connectivity index (χ4n) is 2.15. The molecule has 0 aromatic carbocycles. The van der Waals surface area contributed by atoms with E-state index in [2.05, 4.69) is 49.4 Å². The highest BCUT2D eigenvalue weighted by molar-refractivity contribution is 7.12. The second kappa shape index (κ2) is 6.66. The first-order valence-corrected chi connectivity index (χ1v) is 8.30. The lowest BCUT2D eigenvalue weighted by Crippen LogP contribution is -2.30. The van der Waals surface area contributed by atoms with Gasteiger partial charge in [0.25, 0.3) is 0 Å². The lowest BCUT2D eigenvalue weighted by Gasteiger charge is -2.24. The maximum absolute atomic E-state index is 5.71. The van der Waals surface area contributed by atoms with Crippen LogP contribution in [-0.2, 0) is 19.5 Å². The van der Waals surface area contributed by atoms with Crippen LogP contribution >= 0.6 is 22.7 Å². The van der Waals surface area contributed by atoms with Crippen LogP contribution in [-0.4, -0.2) is 18.0 Å². The molecule has 4 heteroatoms. The smallest absolute Gasteiger partial charge is 0.0274 e. The molecule has 0 fully saturated rings. The maximum Gasteiger partial charge on any atom is 0.0274 e. The van der Waals surface area contributed by atoms with Crippen molar-refractivity contribution in [3.8, 4) is 0 Å². The summed E-state index contributed by atoms with van der Waals surface area (Å²) in [5, 5.41) is 2.15. The topological polar surface area (TPSA) is 29.3 Å². The molecule has 1 unspecified atom stereocenters. The van der Waals surface area contributed by atoms with Crippen molar-refractivity contribution in [1.82, 2.24) is 4.90 Å². The van der Waals surface area contributed by atoms with E-state index in [4.69, 9.17) is 5.73 Å². The van der Waals surface area contributed by atoms with Crippen LogP contribution in [0, 0.1) is 6.92 Å². The van der Waals surface area contributed by atoms with Gasteiger partial charge in [-0.05, 0) is 50.4 Å². The van der Waals surface area contributed by atoms with Crippen LogP contribution in [0.2, 0.25) is 0 Å². The van der Waals surface area contributed by atoms with E-state index in [9.17, 15) is 0 Å². The van der Waals surface area contributed by atoms with Gasteiger partial charge in [-0.15, -0.1) is 22.7 Å². The molecule has 1 atom stereocenters. The molecule has 0 saturated heterocycles. The molecular formula is C15H22N2S2. The first-order valence-electron chi connectivity index (χ1n) is 6.61. The molecule has 0 aliphatic heterocycles. The number of thiophene rings is 2. The molecule has 0 spiro atoms. The second-order valence-electron chi connectivity index (χ2n) is 5.05. The summed E-state index contributed by atoms with van der Waals surface area (Å²) in [6.07, 6.45) is 1.13. The summed E-state index contributed by atoms with van der Waals surface area (Å²) in [6.45, 7) is 6.15. The first-order chi connectivity index (χ1) is 9.10. The molecule has 0 aliphatic carbocycles. The molecular weight excluding hydrogens is 272 g/mol. The van der Waals surface area contributed by atoms with E-state index < -0.39 is 0 Å². The predicted octanol–water partition coefficient (Wildman–Crippen LogP) is 3.64. The maximum atomic E-state index is 5.71. The lowest BCUT2D eigenvalue weighted by molar-refractivity contribution is 0.249. The van der Waals surface area contributed by atoms with Crippen molar-refractivity contribution in [2.75, 3.05) is 7.05 Å². The molecule has 0 bridgehead atoms. The molecule has 2 nitrogen and oxygen atoms in total. The Kier molecular flexibility index (Phi) is 5.16. The Bertz CT molecular complexity index is 502. The number of likely N-dealkylation sites (N-methyl/N-ethyl adjacent to an activating group) is 1. The van der Waals surface area contributed by atoms with Crippen molar-refractivity contribution < 1.29 is 0 Å². The number of hydrogen-bond donors (Lipinski definition) is 1. The SMILES string of the molecule is Cc1sc(CN)cc1CN(C)C(C)Cc1cccs1. The average molecular weight is 294 g/mol. The Hall–Kier alpha value is -0.680. The predicted molar refractivity (Wildman–Crippen MR) is 85.9 cm³/mol. The van der Waals surface area contributed by atoms with Crippen LogP contribution in [0.4, 0.5) is 0 Å². The van der Waals surface area contributed by atoms with Gasteiger partial charge in [0.05, 0.1) is 0 Å². The zero-order valence-corrected chi connectivity index (χ0v) is 13.5. The molecule has 0 radical (unpaired) electrons. The van der Waals surface area contributed by atoms with Crippen LogP contribution in [0.1, 0.15) is 27.1 Å². The summed E-state index contributed by atoms with van der Waals surface area (Å²) in [5.41, 5.74) is 7.13. The monoisotopic (exact) mass is 294 g/mol. The van der Waals surface area contributed by atoms with Gasteiger partial charge in [-0.1, -0.05) is 6.07 Å². The zero-order chi connectivity index (χ0) is 13.8. The highest BCUT2D eigenvalue weighted by Gasteiger charge is 2.13. The van der Waals surface area contributed by atoms with Gasteiger partial charge in [0.1, 0.15) is 0 Å². The van der Waals surface area contributed by atoms with Crippen LogP contribution in [0.5, 0.6) is 0 Å². The first kappa shape index (κ1) is 14.7. The molecule has 2 aromatic rings. The molecule has 2 heterocycles. The van der Waals surface area contributed by atoms with E-state index in [1.54, 1.807) is 0 Å². The normalized spacial score (nSPS) is 13.1. The van der Waals surface area contributed by atoms with Gasteiger partial charge in [0, 0.05) is 33.8 Å². The van der Waals surface area contributed by atoms with Crippen molar-refractivity contribution in [3.05, 3.63) is 43.8 Å². The molecule has 19 heavy (non-hydrogen) atoms. The average Bonchev–Trinajstić information content (AvgIpc) is 3.00. The summed E-state index contributed by atoms with van der Waals surface area (Å²) in [7, 11) is 2.21. The van der Waals surface area contributed by atoms with Gasteiger partial charge in [-0.2, -0.15) is 0 Å². The minimum atomic E-state index is 0.555. The zero-order valence-electron chi connectivity index (χ0n) is 11.8. The highest BCUT2D eigenvalue weighted by Crippen LogP contribution is 2.23. The van der Waals surface area contributed by atoms with Gasteiger partial charge < -0.3 is 5.73 Å². The standard InChI is InChI=1S/C15H22N2S2/c1-11(7-14-5-4-6-18-14)17(3)10-13-8-15(9-16)19-12(13)2/h4-6,8,11H,7,9-10,16H2,1-3H3. The number of hydrogen-bond acceptors (Lipinski definition) is 4. The van der Waals surface area contributed by atoms with Crippen LogP contribution in [0.3, 0.4) is 0 Å². The largest absolute Gasteiger partial charge is 0.326 e. The molecule has 0 amide bonds. The van der Waals surface area contributed by atoms with Gasteiger partial charge in [-0.25, -0.2) is 0 Å². The Morgan fingerprint density at radius 1 is 1.37 bits per heavy atom. The Morgan fingerprint density at radius 3 is 2.74 bits per heavy atom. The number of aryl methyl sites for hydroxylation is 1. The quantitative estimate of drug-likeness (QED) is 0.881.